The van der Waals surface area contributed by atoms with Crippen molar-refractivity contribution in [1.29, 1.82) is 0 Å². The summed E-state index contributed by atoms with van der Waals surface area (Å²) in [6.45, 7) is 3.32. The first-order valence-corrected chi connectivity index (χ1v) is 7.58. The van der Waals surface area contributed by atoms with Crippen LogP contribution in [-0.4, -0.2) is 43.2 Å². The second-order valence-corrected chi connectivity index (χ2v) is 6.07. The number of carbonyl (C=O) groups excluding carboxylic acids is 1. The predicted octanol–water partition coefficient (Wildman–Crippen LogP) is -0.0381. The van der Waals surface area contributed by atoms with Crippen LogP contribution in [-0.2, 0) is 9.26 Å². The summed E-state index contributed by atoms with van der Waals surface area (Å²) in [5.74, 6) is 0.203. The zero-order valence-corrected chi connectivity index (χ0v) is 11.5. The number of carbonyl (C=O) groups is 1. The number of rotatable bonds is 6. The molecule has 1 aliphatic heterocycles. The minimum absolute atomic E-state index is 0.0423. The van der Waals surface area contributed by atoms with Gasteiger partial charge in [-0.05, 0) is 12.8 Å². The zero-order chi connectivity index (χ0) is 14.8. The normalized spacial score (nSPS) is 22.9. The van der Waals surface area contributed by atoms with E-state index >= 15 is 0 Å². The van der Waals surface area contributed by atoms with Crippen molar-refractivity contribution in [3.63, 3.8) is 0 Å². The molecule has 1 aromatic heterocycles. The number of hydrogen-bond acceptors (Lipinski definition) is 7. The number of aromatic nitrogens is 3. The molecule has 1 amide bonds. The van der Waals surface area contributed by atoms with Crippen LogP contribution < -0.4 is 5.73 Å². The summed E-state index contributed by atoms with van der Waals surface area (Å²) >= 11 is 0. The van der Waals surface area contributed by atoms with E-state index in [0.29, 0.717) is 12.8 Å². The van der Waals surface area contributed by atoms with Gasteiger partial charge in [0.15, 0.2) is 6.23 Å². The minimum atomic E-state index is -3.49. The van der Waals surface area contributed by atoms with E-state index in [4.69, 9.17) is 15.0 Å². The molecule has 1 aromatic rings. The minimum Gasteiger partial charge on any atom is -0.363 e. The van der Waals surface area contributed by atoms with Crippen molar-refractivity contribution in [3.05, 3.63) is 24.5 Å². The van der Waals surface area contributed by atoms with Gasteiger partial charge in [-0.3, -0.25) is 4.79 Å². The highest BCUT2D eigenvalue weighted by Crippen LogP contribution is 2.52. The molecule has 0 aromatic carbocycles. The Balaban J connectivity index is 1.88. The molecule has 2 rings (SSSR count). The zero-order valence-electron chi connectivity index (χ0n) is 10.6. The van der Waals surface area contributed by atoms with E-state index in [9.17, 15) is 14.6 Å². The Morgan fingerprint density at radius 3 is 3.05 bits per heavy atom. The number of hydrogen-bond donors (Lipinski definition) is 3. The summed E-state index contributed by atoms with van der Waals surface area (Å²) in [6, 6.07) is 0. The molecule has 1 fully saturated rings. The first-order valence-electron chi connectivity index (χ1n) is 5.90. The van der Waals surface area contributed by atoms with Crippen LogP contribution >= 0.6 is 7.94 Å². The highest BCUT2D eigenvalue weighted by molar-refractivity contribution is 7.62. The van der Waals surface area contributed by atoms with E-state index < -0.39 is 13.9 Å². The van der Waals surface area contributed by atoms with Crippen molar-refractivity contribution in [2.24, 2.45) is 5.73 Å². The van der Waals surface area contributed by atoms with Gasteiger partial charge < -0.3 is 10.5 Å². The van der Waals surface area contributed by atoms with E-state index in [1.807, 2.05) is 0 Å². The Morgan fingerprint density at radius 2 is 2.45 bits per heavy atom. The van der Waals surface area contributed by atoms with Gasteiger partial charge in [0.05, 0.1) is 6.10 Å². The van der Waals surface area contributed by atoms with E-state index in [2.05, 4.69) is 16.7 Å². The molecule has 0 aliphatic carbocycles. The molecule has 4 N–H and O–H groups in total. The molecule has 2 atom stereocenters. The molecular formula is C10H16N4O5P+. The van der Waals surface area contributed by atoms with Crippen LogP contribution in [0.25, 0.3) is 0 Å². The van der Waals surface area contributed by atoms with Gasteiger partial charge >= 0.3 is 7.94 Å². The van der Waals surface area contributed by atoms with Crippen molar-refractivity contribution in [2.75, 3.05) is 6.61 Å². The molecule has 110 valence electrons. The fraction of sp³-hybridized carbons (Fsp3) is 0.500. The first kappa shape index (κ1) is 15.0. The van der Waals surface area contributed by atoms with Gasteiger partial charge in [0.25, 0.3) is 5.91 Å². The summed E-state index contributed by atoms with van der Waals surface area (Å²) in [5, 5.41) is 3.91. The van der Waals surface area contributed by atoms with Gasteiger partial charge in [0.2, 0.25) is 5.82 Å². The van der Waals surface area contributed by atoms with Crippen LogP contribution in [0.2, 0.25) is 0 Å². The molecule has 2 heterocycles. The van der Waals surface area contributed by atoms with E-state index in [0.717, 1.165) is 5.82 Å². The van der Waals surface area contributed by atoms with Crippen LogP contribution in [0, 0.1) is 0 Å². The highest BCUT2D eigenvalue weighted by Gasteiger charge is 2.35. The maximum atomic E-state index is 10.9. The van der Waals surface area contributed by atoms with Crippen molar-refractivity contribution in [3.8, 4) is 0 Å². The van der Waals surface area contributed by atoms with Gasteiger partial charge in [0, 0.05) is 0 Å². The molecule has 10 heteroatoms. The Kier molecular flexibility index (Phi) is 4.46. The van der Waals surface area contributed by atoms with Crippen LogP contribution in [0.1, 0.15) is 29.7 Å². The Bertz CT molecular complexity index is 506. The summed E-state index contributed by atoms with van der Waals surface area (Å²) in [7, 11) is -3.49. The average Bonchev–Trinajstić information content (AvgIpc) is 3.05. The van der Waals surface area contributed by atoms with Crippen molar-refractivity contribution in [2.45, 2.75) is 25.2 Å². The van der Waals surface area contributed by atoms with Crippen molar-refractivity contribution >= 4 is 13.9 Å². The fourth-order valence-electron chi connectivity index (χ4n) is 1.78. The van der Waals surface area contributed by atoms with Gasteiger partial charge in [-0.15, -0.1) is 5.10 Å². The number of ether oxygens (including phenoxy) is 1. The van der Waals surface area contributed by atoms with Gasteiger partial charge in [-0.25, -0.2) is 9.67 Å². The Hall–Kier alpha value is -1.38. The second-order valence-electron chi connectivity index (χ2n) is 4.27. The Labute approximate surface area is 115 Å². The first-order chi connectivity index (χ1) is 9.41. The second kappa shape index (κ2) is 5.94. The summed E-state index contributed by atoms with van der Waals surface area (Å²) < 4.78 is 12.0. The molecule has 20 heavy (non-hydrogen) atoms. The van der Waals surface area contributed by atoms with Crippen LogP contribution in [0.3, 0.4) is 0 Å². The van der Waals surface area contributed by atoms with Crippen molar-refractivity contribution in [1.82, 2.24) is 14.8 Å². The van der Waals surface area contributed by atoms with E-state index in [1.165, 1.54) is 11.0 Å². The van der Waals surface area contributed by atoms with E-state index in [-0.39, 0.29) is 24.8 Å². The van der Waals surface area contributed by atoms with Gasteiger partial charge in [-0.2, -0.15) is 14.3 Å². The fourth-order valence-corrected chi connectivity index (χ4v) is 2.27. The summed E-state index contributed by atoms with van der Waals surface area (Å²) in [4.78, 5) is 33.3. The maximum Gasteiger partial charge on any atom is 0.435 e. The molecule has 0 bridgehead atoms. The highest BCUT2D eigenvalue weighted by atomic mass is 31.2. The molecule has 9 nitrogen and oxygen atoms in total. The third-order valence-electron chi connectivity index (χ3n) is 2.80. The predicted molar refractivity (Wildman–Crippen MR) is 69.2 cm³/mol. The number of primary amides is 1. The van der Waals surface area contributed by atoms with Gasteiger partial charge in [0.1, 0.15) is 18.8 Å². The molecule has 0 saturated carbocycles. The summed E-state index contributed by atoms with van der Waals surface area (Å²) in [6.07, 6.45) is 2.00. The SMILES string of the molecule is C=C[P+](O)(O)OCC1CC[C@H](n2cnc(C(N)=O)n2)O1. The van der Waals surface area contributed by atoms with Gasteiger partial charge in [-0.1, -0.05) is 6.58 Å². The third kappa shape index (κ3) is 3.59. The lowest BCUT2D eigenvalue weighted by Gasteiger charge is -2.13. The average molecular weight is 303 g/mol. The molecule has 1 unspecified atom stereocenters. The van der Waals surface area contributed by atoms with Crippen LogP contribution in [0.5, 0.6) is 0 Å². The lowest BCUT2D eigenvalue weighted by atomic mass is 10.2. The topological polar surface area (TPSA) is 133 Å². The lowest BCUT2D eigenvalue weighted by molar-refractivity contribution is -0.0264. The maximum absolute atomic E-state index is 10.9. The van der Waals surface area contributed by atoms with E-state index in [1.54, 1.807) is 0 Å². The molecule has 0 radical (unpaired) electrons. The quantitative estimate of drug-likeness (QED) is 0.628. The molecular weight excluding hydrogens is 287 g/mol. The smallest absolute Gasteiger partial charge is 0.363 e. The molecule has 0 spiro atoms. The largest absolute Gasteiger partial charge is 0.435 e. The van der Waals surface area contributed by atoms with Crippen molar-refractivity contribution < 1.29 is 23.8 Å². The Morgan fingerprint density at radius 1 is 1.70 bits per heavy atom. The number of nitrogens with two attached hydrogens (primary N) is 1. The summed E-state index contributed by atoms with van der Waals surface area (Å²) in [5.41, 5.74) is 5.06. The molecule has 1 aliphatic rings. The molecule has 1 saturated heterocycles. The monoisotopic (exact) mass is 303 g/mol. The lowest BCUT2D eigenvalue weighted by Crippen LogP contribution is -2.18. The van der Waals surface area contributed by atoms with Crippen LogP contribution in [0.4, 0.5) is 0 Å². The number of nitrogens with zero attached hydrogens (tertiary/aromatic N) is 3. The van der Waals surface area contributed by atoms with Crippen LogP contribution in [0.15, 0.2) is 18.7 Å². The third-order valence-corrected chi connectivity index (χ3v) is 3.80. The number of amides is 1. The standard InChI is InChI=1S/C10H15N4O5P/c1-2-20(16,17)18-5-7-3-4-8(19-7)14-6-12-10(13-14)9(11)15/h2,6-8,16-17H,1,3-5H2,(H-,11,15)/p+1/t7?,8-/m1/s1.